The first-order valence-electron chi connectivity index (χ1n) is 7.28. The first kappa shape index (κ1) is 12.5. The fourth-order valence-electron chi connectivity index (χ4n) is 3.62. The molecule has 1 aliphatic carbocycles. The Morgan fingerprint density at radius 1 is 1.32 bits per heavy atom. The average molecular weight is 258 g/mol. The number of benzene rings is 1. The highest BCUT2D eigenvalue weighted by Gasteiger charge is 2.38. The molecule has 0 bridgehead atoms. The molecule has 0 radical (unpaired) electrons. The van der Waals surface area contributed by atoms with Crippen LogP contribution >= 0.6 is 0 Å². The van der Waals surface area contributed by atoms with E-state index in [0.717, 1.165) is 16.9 Å². The lowest BCUT2D eigenvalue weighted by Gasteiger charge is -2.28. The number of aromatic nitrogens is 2. The smallest absolute Gasteiger partial charge is 0.117 e. The minimum Gasteiger partial charge on any atom is -0.508 e. The van der Waals surface area contributed by atoms with Crippen LogP contribution in [0.2, 0.25) is 0 Å². The van der Waals surface area contributed by atoms with E-state index in [1.165, 1.54) is 32.1 Å². The van der Waals surface area contributed by atoms with Gasteiger partial charge in [-0.2, -0.15) is 0 Å². The van der Waals surface area contributed by atoms with Crippen LogP contribution in [0.25, 0.3) is 11.0 Å². The van der Waals surface area contributed by atoms with E-state index in [1.54, 1.807) is 12.1 Å². The van der Waals surface area contributed by atoms with E-state index in [4.69, 9.17) is 4.98 Å². The summed E-state index contributed by atoms with van der Waals surface area (Å²) in [5, 5.41) is 9.57. The summed E-state index contributed by atoms with van der Waals surface area (Å²) in [6.45, 7) is 4.57. The van der Waals surface area contributed by atoms with Gasteiger partial charge in [-0.1, -0.05) is 26.7 Å². The Morgan fingerprint density at radius 2 is 2.05 bits per heavy atom. The predicted octanol–water partition coefficient (Wildman–Crippen LogP) is 4.13. The van der Waals surface area contributed by atoms with Crippen LogP contribution < -0.4 is 0 Å². The maximum atomic E-state index is 9.57. The van der Waals surface area contributed by atoms with Crippen molar-refractivity contribution in [2.24, 2.45) is 5.92 Å². The fraction of sp³-hybridized carbons (Fsp3) is 0.562. The number of aromatic hydroxyl groups is 1. The minimum atomic E-state index is 0.225. The van der Waals surface area contributed by atoms with E-state index >= 15 is 0 Å². The van der Waals surface area contributed by atoms with Gasteiger partial charge in [0.05, 0.1) is 11.0 Å². The van der Waals surface area contributed by atoms with Gasteiger partial charge in [-0.25, -0.2) is 4.98 Å². The zero-order valence-corrected chi connectivity index (χ0v) is 11.7. The topological polar surface area (TPSA) is 48.9 Å². The van der Waals surface area contributed by atoms with Crippen molar-refractivity contribution in [2.45, 2.75) is 51.4 Å². The Balaban J connectivity index is 2.05. The van der Waals surface area contributed by atoms with Gasteiger partial charge in [-0.3, -0.25) is 0 Å². The maximum Gasteiger partial charge on any atom is 0.117 e. The summed E-state index contributed by atoms with van der Waals surface area (Å²) in [6.07, 6.45) is 6.26. The van der Waals surface area contributed by atoms with Crippen molar-refractivity contribution < 1.29 is 5.11 Å². The van der Waals surface area contributed by atoms with Gasteiger partial charge < -0.3 is 10.1 Å². The Bertz CT molecular complexity index is 579. The fourth-order valence-corrected chi connectivity index (χ4v) is 3.62. The molecule has 1 aromatic heterocycles. The maximum absolute atomic E-state index is 9.57. The van der Waals surface area contributed by atoms with Crippen LogP contribution in [0.1, 0.15) is 51.8 Å². The predicted molar refractivity (Wildman–Crippen MR) is 77.4 cm³/mol. The lowest BCUT2D eigenvalue weighted by molar-refractivity contribution is 0.332. The minimum absolute atomic E-state index is 0.225. The quantitative estimate of drug-likeness (QED) is 0.869. The van der Waals surface area contributed by atoms with Crippen LogP contribution in [0.4, 0.5) is 0 Å². The van der Waals surface area contributed by atoms with Crippen LogP contribution in [0.15, 0.2) is 18.2 Å². The largest absolute Gasteiger partial charge is 0.508 e. The summed E-state index contributed by atoms with van der Waals surface area (Å²) >= 11 is 0. The molecule has 0 spiro atoms. The first-order valence-corrected chi connectivity index (χ1v) is 7.28. The van der Waals surface area contributed by atoms with Gasteiger partial charge in [0, 0.05) is 11.5 Å². The Labute approximate surface area is 114 Å². The molecular weight excluding hydrogens is 236 g/mol. The molecule has 3 rings (SSSR count). The molecule has 0 unspecified atom stereocenters. The average Bonchev–Trinajstić information content (AvgIpc) is 2.94. The first-order chi connectivity index (χ1) is 9.09. The van der Waals surface area contributed by atoms with Crippen LogP contribution in [0.3, 0.4) is 0 Å². The van der Waals surface area contributed by atoms with E-state index in [0.29, 0.717) is 11.7 Å². The SMILES string of the molecule is CC(C)CC1(c2nc3ccc(O)cc3[nH]2)CCCC1. The van der Waals surface area contributed by atoms with Crippen molar-refractivity contribution in [1.82, 2.24) is 9.97 Å². The van der Waals surface area contributed by atoms with Crippen LogP contribution in [-0.4, -0.2) is 15.1 Å². The number of H-pyrrole nitrogens is 1. The number of nitrogens with one attached hydrogen (secondary N) is 1. The molecule has 1 fully saturated rings. The number of phenolic OH excluding ortho intramolecular Hbond substituents is 1. The van der Waals surface area contributed by atoms with Gasteiger partial charge >= 0.3 is 0 Å². The molecular formula is C16H22N2O. The molecule has 19 heavy (non-hydrogen) atoms. The Morgan fingerprint density at radius 3 is 2.74 bits per heavy atom. The van der Waals surface area contributed by atoms with Gasteiger partial charge in [0.1, 0.15) is 11.6 Å². The van der Waals surface area contributed by atoms with Gasteiger partial charge in [-0.15, -0.1) is 0 Å². The number of phenols is 1. The third kappa shape index (κ3) is 2.22. The van der Waals surface area contributed by atoms with Gasteiger partial charge in [0.15, 0.2) is 0 Å². The third-order valence-corrected chi connectivity index (χ3v) is 4.33. The Hall–Kier alpha value is -1.51. The molecule has 2 N–H and O–H groups in total. The summed E-state index contributed by atoms with van der Waals surface area (Å²) in [5.74, 6) is 2.10. The summed E-state index contributed by atoms with van der Waals surface area (Å²) in [7, 11) is 0. The lowest BCUT2D eigenvalue weighted by Crippen LogP contribution is -2.25. The molecule has 1 aliphatic rings. The molecule has 3 nitrogen and oxygen atoms in total. The summed E-state index contributed by atoms with van der Waals surface area (Å²) in [5.41, 5.74) is 2.14. The van der Waals surface area contributed by atoms with Crippen molar-refractivity contribution in [3.63, 3.8) is 0 Å². The highest BCUT2D eigenvalue weighted by Crippen LogP contribution is 2.44. The molecule has 0 amide bonds. The standard InChI is InChI=1S/C16H22N2O/c1-11(2)10-16(7-3-4-8-16)15-17-13-6-5-12(19)9-14(13)18-15/h5-6,9,11,19H,3-4,7-8,10H2,1-2H3,(H,17,18). The van der Waals surface area contributed by atoms with E-state index in [2.05, 4.69) is 18.8 Å². The number of hydrogen-bond acceptors (Lipinski definition) is 2. The number of hydrogen-bond donors (Lipinski definition) is 2. The molecule has 0 aliphatic heterocycles. The third-order valence-electron chi connectivity index (χ3n) is 4.33. The van der Waals surface area contributed by atoms with Crippen molar-refractivity contribution in [3.05, 3.63) is 24.0 Å². The summed E-state index contributed by atoms with van der Waals surface area (Å²) in [6, 6.07) is 5.36. The molecule has 1 saturated carbocycles. The van der Waals surface area contributed by atoms with Crippen LogP contribution in [-0.2, 0) is 5.41 Å². The lowest BCUT2D eigenvalue weighted by atomic mass is 9.78. The van der Waals surface area contributed by atoms with E-state index in [9.17, 15) is 5.11 Å². The van der Waals surface area contributed by atoms with Gasteiger partial charge in [0.25, 0.3) is 0 Å². The number of rotatable bonds is 3. The molecule has 3 heteroatoms. The monoisotopic (exact) mass is 258 g/mol. The highest BCUT2D eigenvalue weighted by molar-refractivity contribution is 5.76. The van der Waals surface area contributed by atoms with Crippen LogP contribution in [0.5, 0.6) is 5.75 Å². The Kier molecular flexibility index (Phi) is 3.00. The van der Waals surface area contributed by atoms with Crippen molar-refractivity contribution in [1.29, 1.82) is 0 Å². The zero-order chi connectivity index (χ0) is 13.5. The van der Waals surface area contributed by atoms with E-state index in [-0.39, 0.29) is 5.41 Å². The number of fused-ring (bicyclic) bond motifs is 1. The molecule has 0 atom stereocenters. The molecule has 1 aromatic carbocycles. The van der Waals surface area contributed by atoms with E-state index in [1.807, 2.05) is 6.07 Å². The summed E-state index contributed by atoms with van der Waals surface area (Å²) in [4.78, 5) is 8.25. The number of imidazole rings is 1. The normalized spacial score (nSPS) is 18.5. The number of nitrogens with zero attached hydrogens (tertiary/aromatic N) is 1. The number of aromatic amines is 1. The zero-order valence-electron chi connectivity index (χ0n) is 11.7. The van der Waals surface area contributed by atoms with Gasteiger partial charge in [-0.05, 0) is 37.3 Å². The molecule has 0 saturated heterocycles. The van der Waals surface area contributed by atoms with Crippen molar-refractivity contribution in [3.8, 4) is 5.75 Å². The van der Waals surface area contributed by atoms with Crippen molar-refractivity contribution in [2.75, 3.05) is 0 Å². The second-order valence-corrected chi connectivity index (χ2v) is 6.37. The van der Waals surface area contributed by atoms with Crippen LogP contribution in [0, 0.1) is 5.92 Å². The van der Waals surface area contributed by atoms with E-state index < -0.39 is 0 Å². The second-order valence-electron chi connectivity index (χ2n) is 6.37. The summed E-state index contributed by atoms with van der Waals surface area (Å²) < 4.78 is 0. The van der Waals surface area contributed by atoms with Gasteiger partial charge in [0.2, 0.25) is 0 Å². The highest BCUT2D eigenvalue weighted by atomic mass is 16.3. The molecule has 102 valence electrons. The molecule has 2 aromatic rings. The second kappa shape index (κ2) is 4.55. The van der Waals surface area contributed by atoms with Crippen molar-refractivity contribution >= 4 is 11.0 Å². The molecule has 1 heterocycles.